The van der Waals surface area contributed by atoms with Crippen molar-refractivity contribution >= 4 is 0 Å². The lowest BCUT2D eigenvalue weighted by molar-refractivity contribution is 0.145. The summed E-state index contributed by atoms with van der Waals surface area (Å²) in [5.41, 5.74) is 7.42. The standard InChI is InChI=1S/C15H23NO2/c1-11-12(7-8-14(11)16)13-5-3-4-6-15(13)18-10-9-17-2/h3-6,11-12,14H,7-10,16H2,1-2H3. The van der Waals surface area contributed by atoms with Crippen molar-refractivity contribution in [3.05, 3.63) is 29.8 Å². The molecule has 0 amide bonds. The predicted molar refractivity (Wildman–Crippen MR) is 72.9 cm³/mol. The molecule has 1 aliphatic carbocycles. The van der Waals surface area contributed by atoms with Crippen molar-refractivity contribution in [3.63, 3.8) is 0 Å². The van der Waals surface area contributed by atoms with Crippen LogP contribution < -0.4 is 10.5 Å². The van der Waals surface area contributed by atoms with Gasteiger partial charge in [0.1, 0.15) is 12.4 Å². The second-order valence-corrected chi connectivity index (χ2v) is 5.09. The van der Waals surface area contributed by atoms with Gasteiger partial charge >= 0.3 is 0 Å². The number of rotatable bonds is 5. The topological polar surface area (TPSA) is 44.5 Å². The van der Waals surface area contributed by atoms with Gasteiger partial charge in [0, 0.05) is 13.2 Å². The van der Waals surface area contributed by atoms with E-state index in [4.69, 9.17) is 15.2 Å². The van der Waals surface area contributed by atoms with E-state index >= 15 is 0 Å². The third-order valence-electron chi connectivity index (χ3n) is 3.98. The van der Waals surface area contributed by atoms with Crippen LogP contribution in [-0.4, -0.2) is 26.4 Å². The summed E-state index contributed by atoms with van der Waals surface area (Å²) >= 11 is 0. The van der Waals surface area contributed by atoms with Crippen molar-refractivity contribution in [2.24, 2.45) is 11.7 Å². The van der Waals surface area contributed by atoms with Crippen LogP contribution in [0.25, 0.3) is 0 Å². The Morgan fingerprint density at radius 1 is 1.22 bits per heavy atom. The van der Waals surface area contributed by atoms with Crippen LogP contribution in [0.3, 0.4) is 0 Å². The molecule has 100 valence electrons. The molecule has 0 aromatic heterocycles. The van der Waals surface area contributed by atoms with Gasteiger partial charge in [-0.15, -0.1) is 0 Å². The van der Waals surface area contributed by atoms with Crippen LogP contribution in [0.2, 0.25) is 0 Å². The molecule has 3 nitrogen and oxygen atoms in total. The number of ether oxygens (including phenoxy) is 2. The molecule has 0 spiro atoms. The normalized spacial score (nSPS) is 27.4. The molecule has 2 rings (SSSR count). The van der Waals surface area contributed by atoms with E-state index in [0.717, 1.165) is 18.6 Å². The smallest absolute Gasteiger partial charge is 0.122 e. The van der Waals surface area contributed by atoms with Gasteiger partial charge in [-0.2, -0.15) is 0 Å². The van der Waals surface area contributed by atoms with E-state index in [1.54, 1.807) is 7.11 Å². The van der Waals surface area contributed by atoms with Crippen LogP contribution in [0, 0.1) is 5.92 Å². The number of methoxy groups -OCH3 is 1. The summed E-state index contributed by atoms with van der Waals surface area (Å²) < 4.78 is 10.8. The van der Waals surface area contributed by atoms with Gasteiger partial charge in [0.2, 0.25) is 0 Å². The first kappa shape index (κ1) is 13.4. The summed E-state index contributed by atoms with van der Waals surface area (Å²) in [5.74, 6) is 2.04. The SMILES string of the molecule is COCCOc1ccccc1C1CCC(N)C1C. The predicted octanol–water partition coefficient (Wildman–Crippen LogP) is 2.55. The van der Waals surface area contributed by atoms with E-state index in [-0.39, 0.29) is 0 Å². The fraction of sp³-hybridized carbons (Fsp3) is 0.600. The first-order chi connectivity index (χ1) is 8.74. The Morgan fingerprint density at radius 2 is 2.00 bits per heavy atom. The number of hydrogen-bond donors (Lipinski definition) is 1. The number of para-hydroxylation sites is 1. The molecule has 1 fully saturated rings. The molecule has 0 heterocycles. The van der Waals surface area contributed by atoms with Gasteiger partial charge in [0.25, 0.3) is 0 Å². The number of hydrogen-bond acceptors (Lipinski definition) is 3. The molecule has 0 radical (unpaired) electrons. The van der Waals surface area contributed by atoms with Crippen LogP contribution >= 0.6 is 0 Å². The van der Waals surface area contributed by atoms with E-state index in [0.29, 0.717) is 31.1 Å². The van der Waals surface area contributed by atoms with Gasteiger partial charge in [-0.05, 0) is 36.3 Å². The first-order valence-electron chi connectivity index (χ1n) is 6.70. The molecule has 1 saturated carbocycles. The zero-order valence-electron chi connectivity index (χ0n) is 11.3. The summed E-state index contributed by atoms with van der Waals surface area (Å²) in [6.45, 7) is 3.46. The molecule has 2 N–H and O–H groups in total. The van der Waals surface area contributed by atoms with E-state index in [9.17, 15) is 0 Å². The Hall–Kier alpha value is -1.06. The highest BCUT2D eigenvalue weighted by Gasteiger charge is 2.32. The zero-order valence-corrected chi connectivity index (χ0v) is 11.3. The maximum absolute atomic E-state index is 6.12. The van der Waals surface area contributed by atoms with Gasteiger partial charge in [0.05, 0.1) is 6.61 Å². The van der Waals surface area contributed by atoms with Crippen LogP contribution in [0.5, 0.6) is 5.75 Å². The monoisotopic (exact) mass is 249 g/mol. The maximum Gasteiger partial charge on any atom is 0.122 e. The van der Waals surface area contributed by atoms with Gasteiger partial charge in [-0.3, -0.25) is 0 Å². The number of benzene rings is 1. The summed E-state index contributed by atoms with van der Waals surface area (Å²) in [5, 5.41) is 0. The van der Waals surface area contributed by atoms with Crippen LogP contribution in [0.4, 0.5) is 0 Å². The number of nitrogens with two attached hydrogens (primary N) is 1. The lowest BCUT2D eigenvalue weighted by atomic mass is 9.88. The van der Waals surface area contributed by atoms with Gasteiger partial charge < -0.3 is 15.2 Å². The quantitative estimate of drug-likeness (QED) is 0.816. The van der Waals surface area contributed by atoms with Crippen molar-refractivity contribution in [1.29, 1.82) is 0 Å². The molecule has 3 heteroatoms. The largest absolute Gasteiger partial charge is 0.491 e. The molecule has 0 aliphatic heterocycles. The Morgan fingerprint density at radius 3 is 2.67 bits per heavy atom. The highest BCUT2D eigenvalue weighted by molar-refractivity contribution is 5.37. The molecular weight excluding hydrogens is 226 g/mol. The highest BCUT2D eigenvalue weighted by atomic mass is 16.5. The third kappa shape index (κ3) is 2.85. The molecule has 1 aromatic rings. The minimum Gasteiger partial charge on any atom is -0.491 e. The summed E-state index contributed by atoms with van der Waals surface area (Å²) in [7, 11) is 1.69. The molecule has 1 aliphatic rings. The van der Waals surface area contributed by atoms with Gasteiger partial charge in [-0.1, -0.05) is 25.1 Å². The van der Waals surface area contributed by atoms with Crippen molar-refractivity contribution in [2.45, 2.75) is 31.7 Å². The van der Waals surface area contributed by atoms with E-state index in [2.05, 4.69) is 19.1 Å². The molecule has 0 bridgehead atoms. The van der Waals surface area contributed by atoms with Crippen LogP contribution in [-0.2, 0) is 4.74 Å². The molecule has 3 unspecified atom stereocenters. The minimum absolute atomic E-state index is 0.321. The lowest BCUT2D eigenvalue weighted by Crippen LogP contribution is -2.24. The average Bonchev–Trinajstić information content (AvgIpc) is 2.71. The fourth-order valence-electron chi connectivity index (χ4n) is 2.79. The third-order valence-corrected chi connectivity index (χ3v) is 3.98. The Bertz CT molecular complexity index is 381. The molecule has 0 saturated heterocycles. The second-order valence-electron chi connectivity index (χ2n) is 5.09. The summed E-state index contributed by atoms with van der Waals surface area (Å²) in [6.07, 6.45) is 2.27. The molecule has 18 heavy (non-hydrogen) atoms. The first-order valence-corrected chi connectivity index (χ1v) is 6.70. The highest BCUT2D eigenvalue weighted by Crippen LogP contribution is 2.42. The molecular formula is C15H23NO2. The zero-order chi connectivity index (χ0) is 13.0. The van der Waals surface area contributed by atoms with Crippen LogP contribution in [0.15, 0.2) is 24.3 Å². The summed E-state index contributed by atoms with van der Waals surface area (Å²) in [4.78, 5) is 0. The van der Waals surface area contributed by atoms with Gasteiger partial charge in [-0.25, -0.2) is 0 Å². The Labute approximate surface area is 109 Å². The Kier molecular flexibility index (Phi) is 4.61. The van der Waals surface area contributed by atoms with E-state index in [1.807, 2.05) is 12.1 Å². The molecule has 1 aromatic carbocycles. The van der Waals surface area contributed by atoms with Crippen LogP contribution in [0.1, 0.15) is 31.2 Å². The van der Waals surface area contributed by atoms with E-state index < -0.39 is 0 Å². The minimum atomic E-state index is 0.321. The summed E-state index contributed by atoms with van der Waals surface area (Å²) in [6, 6.07) is 8.63. The second kappa shape index (κ2) is 6.21. The lowest BCUT2D eigenvalue weighted by Gasteiger charge is -2.21. The van der Waals surface area contributed by atoms with Crippen molar-refractivity contribution in [2.75, 3.05) is 20.3 Å². The van der Waals surface area contributed by atoms with Crippen molar-refractivity contribution < 1.29 is 9.47 Å². The van der Waals surface area contributed by atoms with Crippen molar-refractivity contribution in [1.82, 2.24) is 0 Å². The Balaban J connectivity index is 2.12. The van der Waals surface area contributed by atoms with Crippen molar-refractivity contribution in [3.8, 4) is 5.75 Å². The fourth-order valence-corrected chi connectivity index (χ4v) is 2.79. The van der Waals surface area contributed by atoms with E-state index in [1.165, 1.54) is 5.56 Å². The molecule has 3 atom stereocenters. The maximum atomic E-state index is 6.12. The average molecular weight is 249 g/mol. The van der Waals surface area contributed by atoms with Gasteiger partial charge in [0.15, 0.2) is 0 Å².